The number of benzene rings is 3. The van der Waals surface area contributed by atoms with Crippen molar-refractivity contribution in [3.8, 4) is 5.75 Å². The molecule has 3 aromatic rings. The van der Waals surface area contributed by atoms with Crippen LogP contribution in [0, 0.1) is 15.9 Å². The molecule has 44 heavy (non-hydrogen) atoms. The van der Waals surface area contributed by atoms with Crippen LogP contribution >= 0.6 is 0 Å². The second-order valence-corrected chi connectivity index (χ2v) is 9.97. The van der Waals surface area contributed by atoms with Gasteiger partial charge in [0.15, 0.2) is 0 Å². The summed E-state index contributed by atoms with van der Waals surface area (Å²) in [6, 6.07) is 8.71. The van der Waals surface area contributed by atoms with Crippen LogP contribution in [0.3, 0.4) is 0 Å². The summed E-state index contributed by atoms with van der Waals surface area (Å²) in [6.07, 6.45) is -11.2. The first-order valence-electron chi connectivity index (χ1n) is 12.7. The maximum atomic E-state index is 13.7. The number of nitrogens with zero attached hydrogens (tertiary/aromatic N) is 4. The summed E-state index contributed by atoms with van der Waals surface area (Å²) in [5, 5.41) is 10.9. The van der Waals surface area contributed by atoms with E-state index in [9.17, 15) is 50.4 Å². The molecule has 1 aliphatic heterocycles. The fourth-order valence-electron chi connectivity index (χ4n) is 4.79. The highest BCUT2D eigenvalue weighted by atomic mass is 19.4. The number of likely N-dealkylation sites (N-methyl/N-ethyl adjacent to an activating group) is 1. The number of hydrogen-bond acceptors (Lipinski definition) is 5. The average molecular weight is 629 g/mol. The summed E-state index contributed by atoms with van der Waals surface area (Å²) in [5.74, 6) is -1.25. The molecule has 1 aliphatic rings. The lowest BCUT2D eigenvalue weighted by Crippen LogP contribution is -2.47. The standard InChI is InChI=1S/C28H23F7N4O5/c1-36(21-12-17(27(30,31)32)11-18(13-21)28(33,34)35)25(40)37(2)24-15-38(14-23(24)16-3-5-19(29)6-4-16)26(41)44-22-9-7-20(8-10-22)39(42)43/h3-13,23-24H,14-15H2,1-2H3/t23-,24+/m0/s1. The van der Waals surface area contributed by atoms with Gasteiger partial charge in [-0.3, -0.25) is 15.0 Å². The predicted octanol–water partition coefficient (Wildman–Crippen LogP) is 6.93. The van der Waals surface area contributed by atoms with Crippen molar-refractivity contribution in [1.29, 1.82) is 0 Å². The van der Waals surface area contributed by atoms with Gasteiger partial charge >= 0.3 is 24.5 Å². The normalized spacial score (nSPS) is 16.9. The predicted molar refractivity (Wildman–Crippen MR) is 142 cm³/mol. The van der Waals surface area contributed by atoms with Gasteiger partial charge in [-0.2, -0.15) is 26.3 Å². The van der Waals surface area contributed by atoms with Crippen LogP contribution in [0.5, 0.6) is 5.75 Å². The van der Waals surface area contributed by atoms with Gasteiger partial charge in [-0.1, -0.05) is 12.1 Å². The molecule has 234 valence electrons. The summed E-state index contributed by atoms with van der Waals surface area (Å²) >= 11 is 0. The van der Waals surface area contributed by atoms with E-state index >= 15 is 0 Å². The molecule has 1 saturated heterocycles. The molecule has 0 saturated carbocycles. The third-order valence-corrected chi connectivity index (χ3v) is 7.14. The summed E-state index contributed by atoms with van der Waals surface area (Å²) in [4.78, 5) is 39.6. The number of likely N-dealkylation sites (tertiary alicyclic amines) is 1. The molecule has 0 unspecified atom stereocenters. The number of alkyl halides is 6. The van der Waals surface area contributed by atoms with Crippen molar-refractivity contribution in [2.75, 3.05) is 32.1 Å². The smallest absolute Gasteiger partial charge is 0.410 e. The summed E-state index contributed by atoms with van der Waals surface area (Å²) in [5.41, 5.74) is -3.63. The van der Waals surface area contributed by atoms with Crippen molar-refractivity contribution in [1.82, 2.24) is 9.80 Å². The number of halogens is 7. The highest BCUT2D eigenvalue weighted by molar-refractivity contribution is 5.92. The molecule has 3 aromatic carbocycles. The Balaban J connectivity index is 1.62. The molecule has 1 heterocycles. The van der Waals surface area contributed by atoms with Crippen molar-refractivity contribution in [3.05, 3.63) is 99.4 Å². The first-order valence-corrected chi connectivity index (χ1v) is 12.7. The minimum absolute atomic E-state index is 0.0171. The van der Waals surface area contributed by atoms with Gasteiger partial charge in [0.05, 0.1) is 22.1 Å². The highest BCUT2D eigenvalue weighted by Crippen LogP contribution is 2.39. The Morgan fingerprint density at radius 1 is 0.886 bits per heavy atom. The van der Waals surface area contributed by atoms with Gasteiger partial charge in [0.25, 0.3) is 5.69 Å². The zero-order chi connectivity index (χ0) is 32.6. The molecule has 0 radical (unpaired) electrons. The SMILES string of the molecule is CN(C(=O)N(C)[C@@H]1CN(C(=O)Oc2ccc([N+](=O)[O-])cc2)C[C@H]1c1ccc(F)cc1)c1cc(C(F)(F)F)cc(C(F)(F)F)c1. The monoisotopic (exact) mass is 628 g/mol. The number of non-ortho nitro benzene ring substituents is 1. The van der Waals surface area contributed by atoms with E-state index in [0.29, 0.717) is 22.6 Å². The Morgan fingerprint density at radius 3 is 1.93 bits per heavy atom. The molecule has 2 atom stereocenters. The number of nitro benzene ring substituents is 1. The number of amides is 3. The van der Waals surface area contributed by atoms with Gasteiger partial charge in [-0.15, -0.1) is 0 Å². The lowest BCUT2D eigenvalue weighted by molar-refractivity contribution is -0.384. The Bertz CT molecular complexity index is 1510. The van der Waals surface area contributed by atoms with E-state index in [1.807, 2.05) is 0 Å². The first kappa shape index (κ1) is 32.0. The lowest BCUT2D eigenvalue weighted by Gasteiger charge is -2.33. The Hall–Kier alpha value is -4.89. The van der Waals surface area contributed by atoms with Gasteiger partial charge in [0.1, 0.15) is 11.6 Å². The van der Waals surface area contributed by atoms with E-state index in [-0.39, 0.29) is 30.6 Å². The summed E-state index contributed by atoms with van der Waals surface area (Å²) < 4.78 is 99.5. The average Bonchev–Trinajstić information content (AvgIpc) is 3.41. The summed E-state index contributed by atoms with van der Waals surface area (Å²) in [7, 11) is 2.28. The van der Waals surface area contributed by atoms with Crippen molar-refractivity contribution < 1.29 is 50.0 Å². The second kappa shape index (κ2) is 12.0. The largest absolute Gasteiger partial charge is 0.416 e. The van der Waals surface area contributed by atoms with Gasteiger partial charge in [-0.05, 0) is 48.0 Å². The molecular weight excluding hydrogens is 605 g/mol. The third kappa shape index (κ3) is 7.01. The molecule has 0 aromatic heterocycles. The molecule has 0 spiro atoms. The van der Waals surface area contributed by atoms with Gasteiger partial charge in [-0.25, -0.2) is 14.0 Å². The van der Waals surface area contributed by atoms with Crippen LogP contribution < -0.4 is 9.64 Å². The number of hydrogen-bond donors (Lipinski definition) is 0. The quantitative estimate of drug-likeness (QED) is 0.174. The summed E-state index contributed by atoms with van der Waals surface area (Å²) in [6.45, 7) is -0.244. The van der Waals surface area contributed by atoms with E-state index in [2.05, 4.69) is 0 Å². The molecule has 0 aliphatic carbocycles. The van der Waals surface area contributed by atoms with Gasteiger partial charge in [0.2, 0.25) is 0 Å². The van der Waals surface area contributed by atoms with E-state index < -0.39 is 64.0 Å². The van der Waals surface area contributed by atoms with Crippen LogP contribution in [-0.2, 0) is 12.4 Å². The molecule has 3 amide bonds. The van der Waals surface area contributed by atoms with Gasteiger partial charge < -0.3 is 14.5 Å². The molecule has 16 heteroatoms. The zero-order valence-corrected chi connectivity index (χ0v) is 22.9. The lowest BCUT2D eigenvalue weighted by atomic mass is 9.93. The fraction of sp³-hybridized carbons (Fsp3) is 0.286. The molecule has 4 rings (SSSR count). The van der Waals surface area contributed by atoms with E-state index in [1.165, 1.54) is 36.2 Å². The number of nitro groups is 1. The van der Waals surface area contributed by atoms with Crippen molar-refractivity contribution in [2.24, 2.45) is 0 Å². The minimum atomic E-state index is -5.13. The molecule has 0 bridgehead atoms. The van der Waals surface area contributed by atoms with Crippen molar-refractivity contribution in [2.45, 2.75) is 24.3 Å². The van der Waals surface area contributed by atoms with Crippen LogP contribution in [-0.4, -0.2) is 60.1 Å². The number of urea groups is 1. The Labute approximate surface area is 245 Å². The number of anilines is 1. The Morgan fingerprint density at radius 2 is 1.43 bits per heavy atom. The van der Waals surface area contributed by atoms with E-state index in [0.717, 1.165) is 36.2 Å². The molecular formula is C28H23F7N4O5. The van der Waals surface area contributed by atoms with Crippen LogP contribution in [0.2, 0.25) is 0 Å². The number of carbonyl (C=O) groups excluding carboxylic acids is 2. The molecule has 0 N–H and O–H groups in total. The van der Waals surface area contributed by atoms with Crippen LogP contribution in [0.25, 0.3) is 0 Å². The first-order chi connectivity index (χ1) is 20.5. The number of rotatable bonds is 5. The van der Waals surface area contributed by atoms with E-state index in [1.54, 1.807) is 0 Å². The molecule has 9 nitrogen and oxygen atoms in total. The number of ether oxygens (including phenoxy) is 1. The van der Waals surface area contributed by atoms with Gasteiger partial charge in [0, 0.05) is 50.9 Å². The topological polar surface area (TPSA) is 96.2 Å². The zero-order valence-electron chi connectivity index (χ0n) is 22.9. The number of carbonyl (C=O) groups is 2. The van der Waals surface area contributed by atoms with Crippen LogP contribution in [0.4, 0.5) is 51.7 Å². The maximum absolute atomic E-state index is 13.7. The van der Waals surface area contributed by atoms with Crippen LogP contribution in [0.1, 0.15) is 22.6 Å². The third-order valence-electron chi connectivity index (χ3n) is 7.14. The molecule has 1 fully saturated rings. The van der Waals surface area contributed by atoms with Crippen molar-refractivity contribution in [3.63, 3.8) is 0 Å². The second-order valence-electron chi connectivity index (χ2n) is 9.97. The van der Waals surface area contributed by atoms with Crippen LogP contribution in [0.15, 0.2) is 66.7 Å². The maximum Gasteiger partial charge on any atom is 0.416 e. The van der Waals surface area contributed by atoms with E-state index in [4.69, 9.17) is 4.74 Å². The Kier molecular flexibility index (Phi) is 8.74. The van der Waals surface area contributed by atoms with Crippen molar-refractivity contribution >= 4 is 23.5 Å². The minimum Gasteiger partial charge on any atom is -0.410 e. The fourth-order valence-corrected chi connectivity index (χ4v) is 4.79. The highest BCUT2D eigenvalue weighted by Gasteiger charge is 2.42.